The van der Waals surface area contributed by atoms with Gasteiger partial charge in [-0.3, -0.25) is 4.79 Å². The van der Waals surface area contributed by atoms with E-state index in [1.165, 1.54) is 17.8 Å². The Morgan fingerprint density at radius 2 is 1.84 bits per heavy atom. The molecule has 25 heavy (non-hydrogen) atoms. The molecule has 1 atom stereocenters. The van der Waals surface area contributed by atoms with Crippen molar-refractivity contribution in [2.75, 3.05) is 5.32 Å². The zero-order valence-corrected chi connectivity index (χ0v) is 15.3. The van der Waals surface area contributed by atoms with E-state index in [1.807, 2.05) is 62.4 Å². The molecule has 0 saturated heterocycles. The monoisotopic (exact) mass is 355 g/mol. The van der Waals surface area contributed by atoms with Crippen LogP contribution in [0.5, 0.6) is 0 Å². The Labute approximate surface area is 152 Å². The summed E-state index contributed by atoms with van der Waals surface area (Å²) in [5, 5.41) is 4.42. The molecule has 1 amide bonds. The van der Waals surface area contributed by atoms with Crippen molar-refractivity contribution in [2.24, 2.45) is 0 Å². The van der Waals surface area contributed by atoms with Crippen molar-refractivity contribution < 1.29 is 14.3 Å². The number of aryl methyl sites for hydroxylation is 2. The van der Waals surface area contributed by atoms with Crippen molar-refractivity contribution in [1.82, 2.24) is 0 Å². The molecule has 0 aliphatic rings. The second kappa shape index (κ2) is 9.08. The number of hydrogen-bond donors (Lipinski definition) is 1. The highest BCUT2D eigenvalue weighted by molar-refractivity contribution is 8.02. The van der Waals surface area contributed by atoms with Gasteiger partial charge in [0.2, 0.25) is 0 Å². The minimum atomic E-state index is -0.875. The fraction of sp³-hybridized carbons (Fsp3) is 0.200. The maximum Gasteiger partial charge on any atom is 0.332 e. The van der Waals surface area contributed by atoms with E-state index in [-0.39, 0.29) is 5.91 Å². The molecule has 2 aromatic rings. The van der Waals surface area contributed by atoms with Gasteiger partial charge >= 0.3 is 5.97 Å². The first kappa shape index (κ1) is 18.8. The molecule has 5 heteroatoms. The van der Waals surface area contributed by atoms with Crippen molar-refractivity contribution in [2.45, 2.75) is 31.8 Å². The van der Waals surface area contributed by atoms with Crippen molar-refractivity contribution >= 4 is 29.3 Å². The molecule has 0 fully saturated rings. The van der Waals surface area contributed by atoms with Gasteiger partial charge in [-0.2, -0.15) is 0 Å². The Morgan fingerprint density at radius 3 is 2.52 bits per heavy atom. The number of thioether (sulfide) groups is 1. The summed E-state index contributed by atoms with van der Waals surface area (Å²) in [6.45, 7) is 5.46. The number of nitrogens with one attached hydrogen (secondary N) is 1. The summed E-state index contributed by atoms with van der Waals surface area (Å²) >= 11 is 1.41. The summed E-state index contributed by atoms with van der Waals surface area (Å²) in [5.74, 6) is -0.906. The minimum absolute atomic E-state index is 0.357. The van der Waals surface area contributed by atoms with Gasteiger partial charge in [0.1, 0.15) is 0 Å². The largest absolute Gasteiger partial charge is 0.449 e. The molecule has 0 aliphatic heterocycles. The van der Waals surface area contributed by atoms with E-state index in [0.29, 0.717) is 5.69 Å². The van der Waals surface area contributed by atoms with Crippen molar-refractivity contribution in [1.29, 1.82) is 0 Å². The van der Waals surface area contributed by atoms with Crippen molar-refractivity contribution in [3.63, 3.8) is 0 Å². The number of rotatable bonds is 6. The fourth-order valence-corrected chi connectivity index (χ4v) is 2.77. The predicted molar refractivity (Wildman–Crippen MR) is 102 cm³/mol. The lowest BCUT2D eigenvalue weighted by Gasteiger charge is -2.14. The first-order chi connectivity index (χ1) is 12.0. The van der Waals surface area contributed by atoms with Crippen LogP contribution in [0.4, 0.5) is 5.69 Å². The SMILES string of the molecule is Cc1ccc(NC(=O)[C@@H](C)OC(=O)/C=C/Sc2ccccc2)c(C)c1. The molecule has 2 aromatic carbocycles. The van der Waals surface area contributed by atoms with E-state index < -0.39 is 12.1 Å². The van der Waals surface area contributed by atoms with Crippen LogP contribution in [0.3, 0.4) is 0 Å². The number of hydrogen-bond acceptors (Lipinski definition) is 4. The van der Waals surface area contributed by atoms with Gasteiger partial charge in [-0.25, -0.2) is 4.79 Å². The first-order valence-corrected chi connectivity index (χ1v) is 8.80. The normalized spacial score (nSPS) is 12.0. The third-order valence-corrected chi connectivity index (χ3v) is 4.27. The smallest absolute Gasteiger partial charge is 0.332 e. The molecule has 2 rings (SSSR count). The summed E-state index contributed by atoms with van der Waals surface area (Å²) in [6, 6.07) is 15.4. The summed E-state index contributed by atoms with van der Waals surface area (Å²) < 4.78 is 5.13. The molecule has 0 aliphatic carbocycles. The molecule has 0 radical (unpaired) electrons. The number of benzene rings is 2. The maximum absolute atomic E-state index is 12.2. The van der Waals surface area contributed by atoms with Crippen LogP contribution in [0, 0.1) is 13.8 Å². The van der Waals surface area contributed by atoms with Gasteiger partial charge in [-0.15, -0.1) is 0 Å². The van der Waals surface area contributed by atoms with Gasteiger partial charge in [0.15, 0.2) is 6.10 Å². The molecule has 4 nitrogen and oxygen atoms in total. The topological polar surface area (TPSA) is 55.4 Å². The highest BCUT2D eigenvalue weighted by Gasteiger charge is 2.17. The third kappa shape index (κ3) is 6.12. The average molecular weight is 355 g/mol. The number of amides is 1. The maximum atomic E-state index is 12.2. The van der Waals surface area contributed by atoms with Gasteiger partial charge < -0.3 is 10.1 Å². The van der Waals surface area contributed by atoms with Crippen molar-refractivity contribution in [3.8, 4) is 0 Å². The lowest BCUT2D eigenvalue weighted by Crippen LogP contribution is -2.29. The van der Waals surface area contributed by atoms with Gasteiger partial charge in [0.05, 0.1) is 0 Å². The second-order valence-electron chi connectivity index (χ2n) is 5.62. The van der Waals surface area contributed by atoms with Gasteiger partial charge in [-0.1, -0.05) is 47.7 Å². The zero-order chi connectivity index (χ0) is 18.2. The van der Waals surface area contributed by atoms with Gasteiger partial charge in [0.25, 0.3) is 5.91 Å². The Balaban J connectivity index is 1.84. The van der Waals surface area contributed by atoms with E-state index in [0.717, 1.165) is 16.0 Å². The van der Waals surface area contributed by atoms with E-state index in [2.05, 4.69) is 5.32 Å². The summed E-state index contributed by atoms with van der Waals surface area (Å²) in [5.41, 5.74) is 2.80. The van der Waals surface area contributed by atoms with Crippen LogP contribution < -0.4 is 5.32 Å². The van der Waals surface area contributed by atoms with E-state index in [9.17, 15) is 9.59 Å². The predicted octanol–water partition coefficient (Wildman–Crippen LogP) is 4.48. The highest BCUT2D eigenvalue weighted by atomic mass is 32.2. The molecule has 0 aromatic heterocycles. The van der Waals surface area contributed by atoms with Crippen LogP contribution >= 0.6 is 11.8 Å². The zero-order valence-electron chi connectivity index (χ0n) is 14.5. The van der Waals surface area contributed by atoms with Crippen molar-refractivity contribution in [3.05, 3.63) is 71.1 Å². The third-order valence-electron chi connectivity index (χ3n) is 3.45. The summed E-state index contributed by atoms with van der Waals surface area (Å²) in [4.78, 5) is 25.0. The molecule has 0 bridgehead atoms. The molecule has 0 saturated carbocycles. The van der Waals surface area contributed by atoms with Crippen LogP contribution in [-0.4, -0.2) is 18.0 Å². The van der Waals surface area contributed by atoms with Crippen LogP contribution in [0.1, 0.15) is 18.1 Å². The van der Waals surface area contributed by atoms with Crippen LogP contribution in [0.2, 0.25) is 0 Å². The van der Waals surface area contributed by atoms with E-state index in [4.69, 9.17) is 4.74 Å². The Kier molecular flexibility index (Phi) is 6.83. The molecule has 0 spiro atoms. The lowest BCUT2D eigenvalue weighted by molar-refractivity contribution is -0.148. The Morgan fingerprint density at radius 1 is 1.12 bits per heavy atom. The standard InChI is InChI=1S/C20H21NO3S/c1-14-9-10-18(15(2)13-14)21-20(23)16(3)24-19(22)11-12-25-17-7-5-4-6-8-17/h4-13,16H,1-3H3,(H,21,23)/b12-11+/t16-/m1/s1. The number of ether oxygens (including phenoxy) is 1. The quantitative estimate of drug-likeness (QED) is 0.471. The number of carbonyl (C=O) groups excluding carboxylic acids is 2. The van der Waals surface area contributed by atoms with E-state index in [1.54, 1.807) is 12.3 Å². The Hall–Kier alpha value is -2.53. The average Bonchev–Trinajstić information content (AvgIpc) is 2.58. The molecule has 1 N–H and O–H groups in total. The summed E-state index contributed by atoms with van der Waals surface area (Å²) in [6.07, 6.45) is 0.443. The second-order valence-corrected chi connectivity index (χ2v) is 6.60. The van der Waals surface area contributed by atoms with Gasteiger partial charge in [0, 0.05) is 16.7 Å². The van der Waals surface area contributed by atoms with Crippen LogP contribution in [0.25, 0.3) is 0 Å². The minimum Gasteiger partial charge on any atom is -0.449 e. The fourth-order valence-electron chi connectivity index (χ4n) is 2.12. The number of carbonyl (C=O) groups is 2. The lowest BCUT2D eigenvalue weighted by atomic mass is 10.1. The van der Waals surface area contributed by atoms with Crippen LogP contribution in [0.15, 0.2) is 64.9 Å². The van der Waals surface area contributed by atoms with Crippen LogP contribution in [-0.2, 0) is 14.3 Å². The summed E-state index contributed by atoms with van der Waals surface area (Å²) in [7, 11) is 0. The number of anilines is 1. The molecule has 0 unspecified atom stereocenters. The molecule has 130 valence electrons. The first-order valence-electron chi connectivity index (χ1n) is 7.92. The molecular weight excluding hydrogens is 334 g/mol. The molecular formula is C20H21NO3S. The Bertz CT molecular complexity index is 772. The highest BCUT2D eigenvalue weighted by Crippen LogP contribution is 2.18. The molecule has 0 heterocycles. The van der Waals surface area contributed by atoms with Gasteiger partial charge in [-0.05, 0) is 49.9 Å². The number of esters is 1. The van der Waals surface area contributed by atoms with E-state index >= 15 is 0 Å².